The zero-order chi connectivity index (χ0) is 13.0. The van der Waals surface area contributed by atoms with E-state index < -0.39 is 6.10 Å². The molecule has 5 nitrogen and oxygen atoms in total. The zero-order valence-electron chi connectivity index (χ0n) is 11.1. The van der Waals surface area contributed by atoms with Gasteiger partial charge in [0.1, 0.15) is 6.10 Å². The molecule has 104 valence electrons. The molecule has 0 aromatic heterocycles. The monoisotopic (exact) mass is 256 g/mol. The van der Waals surface area contributed by atoms with Crippen LogP contribution in [-0.4, -0.2) is 43.9 Å². The van der Waals surface area contributed by atoms with Gasteiger partial charge in [0.05, 0.1) is 12.7 Å². The highest BCUT2D eigenvalue weighted by atomic mass is 16.5. The normalized spacial score (nSPS) is 26.9. The lowest BCUT2D eigenvalue weighted by atomic mass is 10.2. The maximum Gasteiger partial charge on any atom is 0.248 e. The van der Waals surface area contributed by atoms with Gasteiger partial charge in [-0.15, -0.1) is 0 Å². The molecule has 3 atom stereocenters. The summed E-state index contributed by atoms with van der Waals surface area (Å²) in [6, 6.07) is 0.0966. The summed E-state index contributed by atoms with van der Waals surface area (Å²) < 4.78 is 11.0. The minimum Gasteiger partial charge on any atom is -0.376 e. The molecule has 1 saturated carbocycles. The standard InChI is InChI=1S/C13H24N2O3/c1-9(18-8-11-3-2-6-17-11)13(16)15-7-12(14)10-4-5-10/h9-12H,2-8,14H2,1H3,(H,15,16). The second-order valence-corrected chi connectivity index (χ2v) is 5.36. The van der Waals surface area contributed by atoms with E-state index in [1.807, 2.05) is 0 Å². The summed E-state index contributed by atoms with van der Waals surface area (Å²) in [5.74, 6) is 0.525. The third-order valence-corrected chi connectivity index (χ3v) is 3.66. The minimum absolute atomic E-state index is 0.0795. The predicted molar refractivity (Wildman–Crippen MR) is 68.1 cm³/mol. The van der Waals surface area contributed by atoms with Gasteiger partial charge in [0.25, 0.3) is 0 Å². The average molecular weight is 256 g/mol. The maximum atomic E-state index is 11.8. The molecule has 0 radical (unpaired) electrons. The Labute approximate surface area is 108 Å². The van der Waals surface area contributed by atoms with Crippen molar-refractivity contribution in [3.8, 4) is 0 Å². The van der Waals surface area contributed by atoms with Crippen molar-refractivity contribution in [2.75, 3.05) is 19.8 Å². The molecule has 0 bridgehead atoms. The van der Waals surface area contributed by atoms with Crippen molar-refractivity contribution >= 4 is 5.91 Å². The van der Waals surface area contributed by atoms with E-state index in [1.165, 1.54) is 12.8 Å². The van der Waals surface area contributed by atoms with Crippen molar-refractivity contribution < 1.29 is 14.3 Å². The highest BCUT2D eigenvalue weighted by molar-refractivity contribution is 5.80. The van der Waals surface area contributed by atoms with Crippen LogP contribution in [0.3, 0.4) is 0 Å². The summed E-state index contributed by atoms with van der Waals surface area (Å²) in [5, 5.41) is 2.85. The first kappa shape index (κ1) is 13.8. The van der Waals surface area contributed by atoms with Crippen LogP contribution in [0.25, 0.3) is 0 Å². The highest BCUT2D eigenvalue weighted by Gasteiger charge is 2.29. The van der Waals surface area contributed by atoms with E-state index in [1.54, 1.807) is 6.92 Å². The first-order valence-corrected chi connectivity index (χ1v) is 6.93. The van der Waals surface area contributed by atoms with Crippen molar-refractivity contribution in [2.24, 2.45) is 11.7 Å². The third-order valence-electron chi connectivity index (χ3n) is 3.66. The number of amides is 1. The molecule has 2 rings (SSSR count). The number of carbonyl (C=O) groups is 1. The number of hydrogen-bond acceptors (Lipinski definition) is 4. The van der Waals surface area contributed by atoms with Crippen molar-refractivity contribution in [3.05, 3.63) is 0 Å². The molecule has 2 aliphatic rings. The van der Waals surface area contributed by atoms with Crippen LogP contribution in [0.5, 0.6) is 0 Å². The van der Waals surface area contributed by atoms with Crippen molar-refractivity contribution in [1.29, 1.82) is 0 Å². The Hall–Kier alpha value is -0.650. The summed E-state index contributed by atoms with van der Waals surface area (Å²) in [6.07, 6.45) is 4.24. The molecule has 3 unspecified atom stereocenters. The van der Waals surface area contributed by atoms with E-state index in [-0.39, 0.29) is 18.1 Å². The van der Waals surface area contributed by atoms with Crippen LogP contribution in [0.1, 0.15) is 32.6 Å². The van der Waals surface area contributed by atoms with Gasteiger partial charge >= 0.3 is 0 Å². The molecule has 0 spiro atoms. The second-order valence-electron chi connectivity index (χ2n) is 5.36. The summed E-state index contributed by atoms with van der Waals surface area (Å²) in [4.78, 5) is 11.8. The number of nitrogens with two attached hydrogens (primary N) is 1. The minimum atomic E-state index is -0.430. The van der Waals surface area contributed by atoms with Crippen molar-refractivity contribution in [1.82, 2.24) is 5.32 Å². The van der Waals surface area contributed by atoms with E-state index >= 15 is 0 Å². The maximum absolute atomic E-state index is 11.8. The predicted octanol–water partition coefficient (Wildman–Crippen LogP) is 0.424. The molecule has 0 aromatic rings. The van der Waals surface area contributed by atoms with Crippen LogP contribution < -0.4 is 11.1 Å². The van der Waals surface area contributed by atoms with Gasteiger partial charge in [0, 0.05) is 19.2 Å². The van der Waals surface area contributed by atoms with Gasteiger partial charge in [0.15, 0.2) is 0 Å². The number of ether oxygens (including phenoxy) is 2. The third kappa shape index (κ3) is 4.23. The molecular formula is C13H24N2O3. The first-order chi connectivity index (χ1) is 8.66. The molecule has 5 heteroatoms. The molecule has 1 aliphatic heterocycles. The Balaban J connectivity index is 1.58. The lowest BCUT2D eigenvalue weighted by Gasteiger charge is -2.17. The Kier molecular flexibility index (Phi) is 4.97. The first-order valence-electron chi connectivity index (χ1n) is 6.93. The quantitative estimate of drug-likeness (QED) is 0.692. The summed E-state index contributed by atoms with van der Waals surface area (Å²) in [7, 11) is 0. The van der Waals surface area contributed by atoms with Gasteiger partial charge < -0.3 is 20.5 Å². The smallest absolute Gasteiger partial charge is 0.248 e. The second kappa shape index (κ2) is 6.50. The van der Waals surface area contributed by atoms with Gasteiger partial charge in [-0.2, -0.15) is 0 Å². The number of carbonyl (C=O) groups excluding carboxylic acids is 1. The largest absolute Gasteiger partial charge is 0.376 e. The number of nitrogens with one attached hydrogen (secondary N) is 1. The van der Waals surface area contributed by atoms with Gasteiger partial charge in [0.2, 0.25) is 5.91 Å². The van der Waals surface area contributed by atoms with Crippen LogP contribution in [-0.2, 0) is 14.3 Å². The number of hydrogen-bond donors (Lipinski definition) is 2. The molecule has 0 aromatic carbocycles. The summed E-state index contributed by atoms with van der Waals surface area (Å²) in [5.41, 5.74) is 5.93. The lowest BCUT2D eigenvalue weighted by Crippen LogP contribution is -2.43. The zero-order valence-corrected chi connectivity index (χ0v) is 11.1. The van der Waals surface area contributed by atoms with Gasteiger partial charge in [-0.05, 0) is 38.5 Å². The van der Waals surface area contributed by atoms with E-state index in [0.29, 0.717) is 19.1 Å². The molecule has 3 N–H and O–H groups in total. The topological polar surface area (TPSA) is 73.6 Å². The van der Waals surface area contributed by atoms with Gasteiger partial charge in [-0.3, -0.25) is 4.79 Å². The summed E-state index contributed by atoms with van der Waals surface area (Å²) in [6.45, 7) is 3.64. The van der Waals surface area contributed by atoms with Crippen LogP contribution in [0.2, 0.25) is 0 Å². The fraction of sp³-hybridized carbons (Fsp3) is 0.923. The molecule has 1 aliphatic carbocycles. The average Bonchev–Trinajstić information content (AvgIpc) is 3.10. The molecule has 1 heterocycles. The van der Waals surface area contributed by atoms with E-state index in [2.05, 4.69) is 5.32 Å². The van der Waals surface area contributed by atoms with Crippen LogP contribution in [0.4, 0.5) is 0 Å². The van der Waals surface area contributed by atoms with Crippen LogP contribution in [0.15, 0.2) is 0 Å². The van der Waals surface area contributed by atoms with Gasteiger partial charge in [-0.1, -0.05) is 0 Å². The van der Waals surface area contributed by atoms with E-state index in [9.17, 15) is 4.79 Å². The highest BCUT2D eigenvalue weighted by Crippen LogP contribution is 2.31. The van der Waals surface area contributed by atoms with Gasteiger partial charge in [-0.25, -0.2) is 0 Å². The Morgan fingerprint density at radius 2 is 2.28 bits per heavy atom. The van der Waals surface area contributed by atoms with Crippen molar-refractivity contribution in [3.63, 3.8) is 0 Å². The van der Waals surface area contributed by atoms with Crippen LogP contribution in [0, 0.1) is 5.92 Å². The molecule has 1 saturated heterocycles. The van der Waals surface area contributed by atoms with E-state index in [0.717, 1.165) is 19.4 Å². The Bertz CT molecular complexity index is 275. The molecule has 1 amide bonds. The van der Waals surface area contributed by atoms with Crippen molar-refractivity contribution in [2.45, 2.75) is 50.9 Å². The molecule has 2 fully saturated rings. The SMILES string of the molecule is CC(OCC1CCCO1)C(=O)NCC(N)C1CC1. The van der Waals surface area contributed by atoms with E-state index in [4.69, 9.17) is 15.2 Å². The Morgan fingerprint density at radius 3 is 2.89 bits per heavy atom. The fourth-order valence-electron chi connectivity index (χ4n) is 2.16. The number of rotatable bonds is 7. The fourth-order valence-corrected chi connectivity index (χ4v) is 2.16. The molecule has 18 heavy (non-hydrogen) atoms. The molecular weight excluding hydrogens is 232 g/mol. The Morgan fingerprint density at radius 1 is 1.50 bits per heavy atom. The van der Waals surface area contributed by atoms with Crippen LogP contribution >= 0.6 is 0 Å². The lowest BCUT2D eigenvalue weighted by molar-refractivity contribution is -0.133. The summed E-state index contributed by atoms with van der Waals surface area (Å²) >= 11 is 0.